The summed E-state index contributed by atoms with van der Waals surface area (Å²) in [6.07, 6.45) is 1.57. The molecule has 1 fully saturated rings. The van der Waals surface area contributed by atoms with E-state index in [1.165, 1.54) is 4.57 Å². The van der Waals surface area contributed by atoms with Crippen LogP contribution in [-0.4, -0.2) is 15.5 Å². The topological polar surface area (TPSA) is 44.1 Å². The minimum Gasteiger partial charge on any atom is -0.439 e. The average molecular weight is 348 g/mol. The Bertz CT molecular complexity index is 963. The molecule has 1 aliphatic carbocycles. The maximum Gasteiger partial charge on any atom is 0.308 e. The van der Waals surface area contributed by atoms with E-state index >= 15 is 0 Å². The Hall–Kier alpha value is -2.28. The number of benzene rings is 1. The first-order chi connectivity index (χ1) is 11.4. The van der Waals surface area contributed by atoms with Crippen LogP contribution in [0.2, 0.25) is 0 Å². The normalized spacial score (nSPS) is 18.7. The summed E-state index contributed by atoms with van der Waals surface area (Å²) >= 11 is 1.04. The molecule has 3 aromatic rings. The first-order valence-electron chi connectivity index (χ1n) is 7.54. The van der Waals surface area contributed by atoms with E-state index < -0.39 is 11.8 Å². The molecule has 0 N–H and O–H groups in total. The van der Waals surface area contributed by atoms with Crippen LogP contribution in [-0.2, 0) is 6.54 Å². The minimum atomic E-state index is -2.63. The molecule has 1 aliphatic rings. The van der Waals surface area contributed by atoms with Crippen molar-refractivity contribution in [3.05, 3.63) is 51.8 Å². The van der Waals surface area contributed by atoms with Crippen LogP contribution >= 0.6 is 11.3 Å². The number of ether oxygens (including phenoxy) is 1. The molecule has 4 rings (SSSR count). The Morgan fingerprint density at radius 1 is 1.38 bits per heavy atom. The average Bonchev–Trinajstić information content (AvgIpc) is 3.01. The van der Waals surface area contributed by atoms with Crippen molar-refractivity contribution in [3.8, 4) is 11.6 Å². The molecule has 0 spiro atoms. The van der Waals surface area contributed by atoms with Gasteiger partial charge in [0.05, 0.1) is 10.2 Å². The largest absolute Gasteiger partial charge is 0.439 e. The number of pyridine rings is 1. The van der Waals surface area contributed by atoms with E-state index in [0.29, 0.717) is 21.8 Å². The zero-order valence-electron chi connectivity index (χ0n) is 12.8. The third-order valence-electron chi connectivity index (χ3n) is 4.11. The highest BCUT2D eigenvalue weighted by Gasteiger charge is 2.56. The number of nitrogens with zero attached hydrogens (tertiary/aromatic N) is 2. The molecule has 124 valence electrons. The van der Waals surface area contributed by atoms with Gasteiger partial charge in [-0.3, -0.25) is 9.36 Å². The smallest absolute Gasteiger partial charge is 0.308 e. The second-order valence-corrected chi connectivity index (χ2v) is 7.04. The number of fused-ring (bicyclic) bond motifs is 1. The van der Waals surface area contributed by atoms with Crippen molar-refractivity contribution in [2.45, 2.75) is 25.8 Å². The molecule has 4 nitrogen and oxygen atoms in total. The fourth-order valence-corrected chi connectivity index (χ4v) is 3.54. The Morgan fingerprint density at radius 3 is 2.83 bits per heavy atom. The third kappa shape index (κ3) is 2.80. The number of hydrogen-bond acceptors (Lipinski definition) is 4. The maximum absolute atomic E-state index is 13.1. The SMILES string of the molecule is Cc1ccc(Oc2ccc3c(c2)sc(=O)n3CC2CC2(F)F)nc1. The van der Waals surface area contributed by atoms with Crippen LogP contribution in [0.1, 0.15) is 12.0 Å². The van der Waals surface area contributed by atoms with Gasteiger partial charge in [0.2, 0.25) is 5.88 Å². The molecule has 7 heteroatoms. The van der Waals surface area contributed by atoms with Crippen LogP contribution in [0, 0.1) is 12.8 Å². The Balaban J connectivity index is 1.62. The number of aromatic nitrogens is 2. The molecular weight excluding hydrogens is 334 g/mol. The maximum atomic E-state index is 13.1. The Labute approximate surface area is 140 Å². The molecule has 24 heavy (non-hydrogen) atoms. The van der Waals surface area contributed by atoms with Crippen LogP contribution in [0.3, 0.4) is 0 Å². The van der Waals surface area contributed by atoms with Gasteiger partial charge in [0.1, 0.15) is 5.75 Å². The minimum absolute atomic E-state index is 0.0611. The van der Waals surface area contributed by atoms with Crippen molar-refractivity contribution < 1.29 is 13.5 Å². The lowest BCUT2D eigenvalue weighted by Gasteiger charge is -2.06. The molecule has 0 amide bonds. The summed E-state index contributed by atoms with van der Waals surface area (Å²) in [5.41, 5.74) is 1.70. The van der Waals surface area contributed by atoms with Crippen LogP contribution < -0.4 is 9.61 Å². The molecule has 1 atom stereocenters. The molecule has 0 bridgehead atoms. The Kier molecular flexibility index (Phi) is 3.42. The number of rotatable bonds is 4. The summed E-state index contributed by atoms with van der Waals surface area (Å²) in [5, 5.41) is 0. The van der Waals surface area contributed by atoms with Crippen LogP contribution in [0.15, 0.2) is 41.3 Å². The van der Waals surface area contributed by atoms with Crippen LogP contribution in [0.5, 0.6) is 11.6 Å². The van der Waals surface area contributed by atoms with Gasteiger partial charge in [-0.2, -0.15) is 0 Å². The van der Waals surface area contributed by atoms with Gasteiger partial charge in [0, 0.05) is 37.2 Å². The molecule has 2 aromatic heterocycles. The van der Waals surface area contributed by atoms with E-state index in [-0.39, 0.29) is 17.8 Å². The lowest BCUT2D eigenvalue weighted by atomic mass is 10.3. The summed E-state index contributed by atoms with van der Waals surface area (Å²) in [4.78, 5) is 16.1. The first-order valence-corrected chi connectivity index (χ1v) is 8.36. The zero-order valence-corrected chi connectivity index (χ0v) is 13.6. The third-order valence-corrected chi connectivity index (χ3v) is 5.05. The van der Waals surface area contributed by atoms with Gasteiger partial charge in [-0.05, 0) is 24.6 Å². The van der Waals surface area contributed by atoms with Gasteiger partial charge in [-0.1, -0.05) is 17.4 Å². The molecule has 1 unspecified atom stereocenters. The molecule has 2 heterocycles. The highest BCUT2D eigenvalue weighted by atomic mass is 32.1. The highest BCUT2D eigenvalue weighted by molar-refractivity contribution is 7.16. The van der Waals surface area contributed by atoms with Crippen molar-refractivity contribution in [2.75, 3.05) is 0 Å². The fourth-order valence-electron chi connectivity index (χ4n) is 2.61. The van der Waals surface area contributed by atoms with Crippen molar-refractivity contribution >= 4 is 21.6 Å². The van der Waals surface area contributed by atoms with E-state index in [9.17, 15) is 13.6 Å². The Morgan fingerprint density at radius 2 is 2.17 bits per heavy atom. The van der Waals surface area contributed by atoms with E-state index in [4.69, 9.17) is 4.74 Å². The number of aryl methyl sites for hydroxylation is 1. The predicted molar refractivity (Wildman–Crippen MR) is 88.2 cm³/mol. The summed E-state index contributed by atoms with van der Waals surface area (Å²) in [5.74, 6) is -2.34. The standard InChI is InChI=1S/C17H14F2N2O2S/c1-10-2-5-15(20-8-10)23-12-3-4-13-14(6-12)24-16(22)21(13)9-11-7-17(11,18)19/h2-6,8,11H,7,9H2,1H3. The van der Waals surface area contributed by atoms with E-state index in [0.717, 1.165) is 16.9 Å². The second kappa shape index (κ2) is 5.37. The summed E-state index contributed by atoms with van der Waals surface area (Å²) in [7, 11) is 0. The number of hydrogen-bond donors (Lipinski definition) is 0. The number of alkyl halides is 2. The highest BCUT2D eigenvalue weighted by Crippen LogP contribution is 2.49. The summed E-state index contributed by atoms with van der Waals surface area (Å²) in [6, 6.07) is 8.85. The van der Waals surface area contributed by atoms with Crippen LogP contribution in [0.4, 0.5) is 8.78 Å². The van der Waals surface area contributed by atoms with Gasteiger partial charge >= 0.3 is 4.87 Å². The van der Waals surface area contributed by atoms with Gasteiger partial charge in [0.15, 0.2) is 0 Å². The molecule has 1 aromatic carbocycles. The lowest BCUT2D eigenvalue weighted by Crippen LogP contribution is -2.15. The quantitative estimate of drug-likeness (QED) is 0.709. The predicted octanol–water partition coefficient (Wildman–Crippen LogP) is 4.21. The second-order valence-electron chi connectivity index (χ2n) is 6.05. The molecule has 1 saturated carbocycles. The van der Waals surface area contributed by atoms with Crippen molar-refractivity contribution in [1.82, 2.24) is 9.55 Å². The van der Waals surface area contributed by atoms with Gasteiger partial charge in [0.25, 0.3) is 5.92 Å². The molecule has 0 aliphatic heterocycles. The van der Waals surface area contributed by atoms with Crippen molar-refractivity contribution in [1.29, 1.82) is 0 Å². The molecule has 0 radical (unpaired) electrons. The number of thiazole rings is 1. The van der Waals surface area contributed by atoms with E-state index in [1.54, 1.807) is 30.5 Å². The molecule has 0 saturated heterocycles. The fraction of sp³-hybridized carbons (Fsp3) is 0.294. The monoisotopic (exact) mass is 348 g/mol. The van der Waals surface area contributed by atoms with Crippen LogP contribution in [0.25, 0.3) is 10.2 Å². The van der Waals surface area contributed by atoms with Gasteiger partial charge < -0.3 is 4.74 Å². The van der Waals surface area contributed by atoms with E-state index in [1.807, 2.05) is 13.0 Å². The lowest BCUT2D eigenvalue weighted by molar-refractivity contribution is 0.0953. The van der Waals surface area contributed by atoms with Crippen molar-refractivity contribution in [2.24, 2.45) is 5.92 Å². The van der Waals surface area contributed by atoms with E-state index in [2.05, 4.69) is 4.98 Å². The number of halogens is 2. The van der Waals surface area contributed by atoms with Gasteiger partial charge in [-0.25, -0.2) is 13.8 Å². The molecular formula is C17H14F2N2O2S. The summed E-state index contributed by atoms with van der Waals surface area (Å²) < 4.78 is 34.1. The van der Waals surface area contributed by atoms with Gasteiger partial charge in [-0.15, -0.1) is 0 Å². The van der Waals surface area contributed by atoms with Crippen molar-refractivity contribution in [3.63, 3.8) is 0 Å². The zero-order chi connectivity index (χ0) is 16.9. The summed E-state index contributed by atoms with van der Waals surface area (Å²) in [6.45, 7) is 2.00. The first kappa shape index (κ1) is 15.3.